The summed E-state index contributed by atoms with van der Waals surface area (Å²) >= 11 is 0. The minimum atomic E-state index is 0.642. The minimum absolute atomic E-state index is 0.642. The predicted molar refractivity (Wildman–Crippen MR) is 39.4 cm³/mol. The average Bonchev–Trinajstić information content (AvgIpc) is 2.05. The van der Waals surface area contributed by atoms with Crippen molar-refractivity contribution in [3.8, 4) is 0 Å². The quantitative estimate of drug-likeness (QED) is 0.582. The van der Waals surface area contributed by atoms with Crippen LogP contribution in [0.2, 0.25) is 0 Å². The van der Waals surface area contributed by atoms with E-state index in [-0.39, 0.29) is 0 Å². The summed E-state index contributed by atoms with van der Waals surface area (Å²) in [5, 5.41) is 0. The van der Waals surface area contributed by atoms with E-state index in [2.05, 4.69) is 6.92 Å². The highest BCUT2D eigenvalue weighted by Gasteiger charge is 2.02. The lowest BCUT2D eigenvalue weighted by Crippen LogP contribution is -2.00. The molecule has 56 valence electrons. The molecule has 10 heavy (non-hydrogen) atoms. The number of ether oxygens (including phenoxy) is 2. The van der Waals surface area contributed by atoms with Crippen molar-refractivity contribution in [2.24, 2.45) is 0 Å². The molecule has 0 atom stereocenters. The van der Waals surface area contributed by atoms with Crippen LogP contribution >= 0.6 is 0 Å². The van der Waals surface area contributed by atoms with Gasteiger partial charge in [-0.25, -0.2) is 0 Å². The van der Waals surface area contributed by atoms with Crippen molar-refractivity contribution in [1.82, 2.24) is 0 Å². The maximum Gasteiger partial charge on any atom is 0.121 e. The third-order valence-corrected chi connectivity index (χ3v) is 1.44. The van der Waals surface area contributed by atoms with Gasteiger partial charge in [-0.05, 0) is 6.08 Å². The van der Waals surface area contributed by atoms with E-state index in [1.165, 1.54) is 0 Å². The molecule has 0 aromatic heterocycles. The van der Waals surface area contributed by atoms with Crippen LogP contribution in [0.1, 0.15) is 13.3 Å². The number of hydrogen-bond donors (Lipinski definition) is 0. The topological polar surface area (TPSA) is 18.5 Å². The number of methoxy groups -OCH3 is 1. The Kier molecular flexibility index (Phi) is 2.37. The van der Waals surface area contributed by atoms with Crippen LogP contribution in [-0.2, 0) is 9.47 Å². The first-order chi connectivity index (χ1) is 4.86. The lowest BCUT2D eigenvalue weighted by atomic mass is 10.3. The van der Waals surface area contributed by atoms with Crippen LogP contribution in [0.4, 0.5) is 0 Å². The zero-order valence-corrected chi connectivity index (χ0v) is 6.39. The van der Waals surface area contributed by atoms with E-state index in [0.29, 0.717) is 6.61 Å². The number of rotatable bonds is 2. The molecule has 0 spiro atoms. The van der Waals surface area contributed by atoms with Gasteiger partial charge in [-0.1, -0.05) is 6.92 Å². The lowest BCUT2D eigenvalue weighted by Gasteiger charge is -2.12. The molecule has 1 heterocycles. The van der Waals surface area contributed by atoms with E-state index in [1.807, 2.05) is 12.2 Å². The maximum atomic E-state index is 5.26. The first-order valence-electron chi connectivity index (χ1n) is 3.44. The van der Waals surface area contributed by atoms with Gasteiger partial charge in [0.15, 0.2) is 0 Å². The molecule has 0 aromatic rings. The maximum absolute atomic E-state index is 5.26. The fourth-order valence-electron chi connectivity index (χ4n) is 0.836. The van der Waals surface area contributed by atoms with Crippen molar-refractivity contribution < 1.29 is 9.47 Å². The van der Waals surface area contributed by atoms with Gasteiger partial charge in [0.1, 0.15) is 12.4 Å². The van der Waals surface area contributed by atoms with Crippen LogP contribution in [0.3, 0.4) is 0 Å². The summed E-state index contributed by atoms with van der Waals surface area (Å²) in [5.41, 5.74) is 0. The normalized spacial score (nSPS) is 17.0. The monoisotopic (exact) mass is 140 g/mol. The van der Waals surface area contributed by atoms with Crippen molar-refractivity contribution >= 4 is 0 Å². The zero-order chi connectivity index (χ0) is 7.40. The van der Waals surface area contributed by atoms with Gasteiger partial charge in [0.2, 0.25) is 0 Å². The number of hydrogen-bond acceptors (Lipinski definition) is 2. The Balaban J connectivity index is 2.61. The predicted octanol–water partition coefficient (Wildman–Crippen LogP) is 1.84. The van der Waals surface area contributed by atoms with Crippen LogP contribution in [0.5, 0.6) is 0 Å². The van der Waals surface area contributed by atoms with Crippen LogP contribution < -0.4 is 0 Å². The van der Waals surface area contributed by atoms with Crippen molar-refractivity contribution in [3.63, 3.8) is 0 Å². The molecular formula is C8H12O2. The van der Waals surface area contributed by atoms with Gasteiger partial charge in [0.25, 0.3) is 0 Å². The van der Waals surface area contributed by atoms with Crippen molar-refractivity contribution in [2.45, 2.75) is 13.3 Å². The summed E-state index contributed by atoms with van der Waals surface area (Å²) in [5.74, 6) is 1.91. The van der Waals surface area contributed by atoms with E-state index in [9.17, 15) is 0 Å². The van der Waals surface area contributed by atoms with Gasteiger partial charge in [-0.15, -0.1) is 0 Å². The average molecular weight is 140 g/mol. The third-order valence-electron chi connectivity index (χ3n) is 1.44. The smallest absolute Gasteiger partial charge is 0.121 e. The Morgan fingerprint density at radius 1 is 1.70 bits per heavy atom. The molecule has 0 saturated heterocycles. The summed E-state index contributed by atoms with van der Waals surface area (Å²) in [7, 11) is 1.67. The molecule has 0 bridgehead atoms. The molecule has 0 radical (unpaired) electrons. The van der Waals surface area contributed by atoms with E-state index in [4.69, 9.17) is 9.47 Å². The molecule has 0 amide bonds. The van der Waals surface area contributed by atoms with Gasteiger partial charge >= 0.3 is 0 Å². The van der Waals surface area contributed by atoms with E-state index in [1.54, 1.807) is 7.11 Å². The summed E-state index contributed by atoms with van der Waals surface area (Å²) in [6.07, 6.45) is 4.77. The standard InChI is InChI=1S/C8H12O2/c1-3-7-6-8(9-2)4-5-10-7/h4,6H,3,5H2,1-2H3. The molecule has 1 rings (SSSR count). The summed E-state index contributed by atoms with van der Waals surface area (Å²) in [6, 6.07) is 0. The highest BCUT2D eigenvalue weighted by atomic mass is 16.5. The third kappa shape index (κ3) is 1.53. The van der Waals surface area contributed by atoms with Crippen LogP contribution in [0.25, 0.3) is 0 Å². The van der Waals surface area contributed by atoms with E-state index >= 15 is 0 Å². The second kappa shape index (κ2) is 3.30. The Bertz CT molecular complexity index is 168. The zero-order valence-electron chi connectivity index (χ0n) is 6.39. The summed E-state index contributed by atoms with van der Waals surface area (Å²) in [6.45, 7) is 2.70. The first-order valence-corrected chi connectivity index (χ1v) is 3.44. The largest absolute Gasteiger partial charge is 0.497 e. The van der Waals surface area contributed by atoms with Gasteiger partial charge in [0, 0.05) is 12.5 Å². The molecule has 1 aliphatic rings. The van der Waals surface area contributed by atoms with Gasteiger partial charge in [-0.3, -0.25) is 0 Å². The fourth-order valence-corrected chi connectivity index (χ4v) is 0.836. The Morgan fingerprint density at radius 2 is 2.50 bits per heavy atom. The molecule has 0 aromatic carbocycles. The van der Waals surface area contributed by atoms with Gasteiger partial charge in [0.05, 0.1) is 12.9 Å². The molecule has 0 saturated carbocycles. The molecule has 2 nitrogen and oxygen atoms in total. The van der Waals surface area contributed by atoms with Crippen molar-refractivity contribution in [1.29, 1.82) is 0 Å². The van der Waals surface area contributed by atoms with Crippen molar-refractivity contribution in [3.05, 3.63) is 23.7 Å². The van der Waals surface area contributed by atoms with Crippen LogP contribution in [0.15, 0.2) is 23.7 Å². The molecule has 0 fully saturated rings. The fraction of sp³-hybridized carbons (Fsp3) is 0.500. The Morgan fingerprint density at radius 3 is 3.10 bits per heavy atom. The van der Waals surface area contributed by atoms with E-state index in [0.717, 1.165) is 17.9 Å². The van der Waals surface area contributed by atoms with Crippen LogP contribution in [0, 0.1) is 0 Å². The molecule has 2 heteroatoms. The number of allylic oxidation sites excluding steroid dienone is 2. The minimum Gasteiger partial charge on any atom is -0.497 e. The van der Waals surface area contributed by atoms with Crippen molar-refractivity contribution in [2.75, 3.05) is 13.7 Å². The SMILES string of the molecule is CCC1=CC(OC)=CCO1. The molecule has 0 unspecified atom stereocenters. The Hall–Kier alpha value is -0.920. The molecule has 1 aliphatic heterocycles. The highest BCUT2D eigenvalue weighted by Crippen LogP contribution is 2.13. The van der Waals surface area contributed by atoms with Gasteiger partial charge < -0.3 is 9.47 Å². The summed E-state index contributed by atoms with van der Waals surface area (Å²) < 4.78 is 10.3. The second-order valence-electron chi connectivity index (χ2n) is 2.09. The molecular weight excluding hydrogens is 128 g/mol. The van der Waals surface area contributed by atoms with Gasteiger partial charge in [-0.2, -0.15) is 0 Å². The highest BCUT2D eigenvalue weighted by molar-refractivity contribution is 5.18. The molecule has 0 N–H and O–H groups in total. The first kappa shape index (κ1) is 7.19. The Labute approximate surface area is 61.1 Å². The lowest BCUT2D eigenvalue weighted by molar-refractivity contribution is 0.212. The van der Waals surface area contributed by atoms with E-state index < -0.39 is 0 Å². The summed E-state index contributed by atoms with van der Waals surface area (Å²) in [4.78, 5) is 0. The second-order valence-corrected chi connectivity index (χ2v) is 2.09. The molecule has 0 aliphatic carbocycles. The van der Waals surface area contributed by atoms with Crippen LogP contribution in [-0.4, -0.2) is 13.7 Å².